The van der Waals surface area contributed by atoms with Crippen LogP contribution in [0.4, 0.5) is 17.1 Å². The van der Waals surface area contributed by atoms with Gasteiger partial charge in [0, 0.05) is 49.0 Å². The van der Waals surface area contributed by atoms with Gasteiger partial charge in [-0.2, -0.15) is 0 Å². The summed E-state index contributed by atoms with van der Waals surface area (Å²) in [4.78, 5) is 2.40. The van der Waals surface area contributed by atoms with Crippen molar-refractivity contribution in [3.8, 4) is 22.3 Å². The van der Waals surface area contributed by atoms with Gasteiger partial charge >= 0.3 is 0 Å². The lowest BCUT2D eigenvalue weighted by Gasteiger charge is -2.29. The predicted octanol–water partition coefficient (Wildman–Crippen LogP) is 16.5. The number of hydrogen-bond acceptors (Lipinski definition) is 4. The second kappa shape index (κ2) is 12.7. The molecule has 3 heterocycles. The topological polar surface area (TPSA) is 42.7 Å². The molecule has 280 valence electrons. The zero-order chi connectivity index (χ0) is 39.3. The van der Waals surface area contributed by atoms with Crippen molar-refractivity contribution < 1.29 is 13.3 Å². The third-order valence-corrected chi connectivity index (χ3v) is 12.3. The zero-order valence-corrected chi connectivity index (χ0v) is 32.2. The van der Waals surface area contributed by atoms with Gasteiger partial charge in [0.05, 0.1) is 16.8 Å². The molecule has 0 bridgehead atoms. The largest absolute Gasteiger partial charge is 0.456 e. The number of anilines is 3. The van der Waals surface area contributed by atoms with Crippen LogP contribution < -0.4 is 4.90 Å². The number of nitrogens with zero attached hydrogens (tertiary/aromatic N) is 1. The second-order valence-corrected chi connectivity index (χ2v) is 15.5. The molecule has 60 heavy (non-hydrogen) atoms. The van der Waals surface area contributed by atoms with Crippen LogP contribution in [0, 0.1) is 0 Å². The molecule has 10 aromatic carbocycles. The standard InChI is InChI=1S/C56H33NO3/c1-3-14-39-34(12-1)28-32-44-53-42(19-10-24-50(53)59-55(39)44)41-16-5-7-20-46(41)57(47-21-11-25-51-54(47)45-33-29-35-13-2-4-15-40(35)56(45)60-51)37-30-26-36(27-31-37)38-18-9-23-49-52(38)43-17-6-8-22-48(43)58-49/h1-33H. The van der Waals surface area contributed by atoms with Crippen LogP contribution in [0.25, 0.3) is 110 Å². The summed E-state index contributed by atoms with van der Waals surface area (Å²) < 4.78 is 19.8. The lowest BCUT2D eigenvalue weighted by atomic mass is 9.95. The van der Waals surface area contributed by atoms with E-state index >= 15 is 0 Å². The van der Waals surface area contributed by atoms with Crippen LogP contribution in [0.15, 0.2) is 213 Å². The Kier molecular flexibility index (Phi) is 6.98. The van der Waals surface area contributed by atoms with Gasteiger partial charge < -0.3 is 18.2 Å². The van der Waals surface area contributed by atoms with Crippen molar-refractivity contribution in [1.82, 2.24) is 0 Å². The molecule has 13 aromatic rings. The van der Waals surface area contributed by atoms with E-state index in [1.807, 2.05) is 12.1 Å². The van der Waals surface area contributed by atoms with Crippen molar-refractivity contribution in [3.63, 3.8) is 0 Å². The number of benzene rings is 10. The molecule has 13 rings (SSSR count). The van der Waals surface area contributed by atoms with Crippen molar-refractivity contribution >= 4 is 104 Å². The summed E-state index contributed by atoms with van der Waals surface area (Å²) >= 11 is 0. The summed E-state index contributed by atoms with van der Waals surface area (Å²) in [6.45, 7) is 0. The maximum atomic E-state index is 6.77. The Hall–Kier alpha value is -8.08. The van der Waals surface area contributed by atoms with E-state index in [1.54, 1.807) is 0 Å². The number of furan rings is 3. The molecule has 0 N–H and O–H groups in total. The normalized spacial score (nSPS) is 12.0. The third-order valence-electron chi connectivity index (χ3n) is 12.3. The third kappa shape index (κ3) is 4.79. The van der Waals surface area contributed by atoms with E-state index in [1.165, 1.54) is 0 Å². The quantitative estimate of drug-likeness (QED) is 0.175. The highest BCUT2D eigenvalue weighted by Gasteiger charge is 2.25. The first-order chi connectivity index (χ1) is 29.8. The van der Waals surface area contributed by atoms with E-state index < -0.39 is 0 Å². The van der Waals surface area contributed by atoms with Crippen LogP contribution in [-0.2, 0) is 0 Å². The summed E-state index contributed by atoms with van der Waals surface area (Å²) in [5.41, 5.74) is 12.8. The van der Waals surface area contributed by atoms with E-state index in [0.29, 0.717) is 0 Å². The first-order valence-corrected chi connectivity index (χ1v) is 20.3. The van der Waals surface area contributed by atoms with Gasteiger partial charge in [-0.3, -0.25) is 0 Å². The van der Waals surface area contributed by atoms with Gasteiger partial charge in [0.2, 0.25) is 0 Å². The summed E-state index contributed by atoms with van der Waals surface area (Å²) in [5, 5.41) is 11.1. The molecule has 0 fully saturated rings. The van der Waals surface area contributed by atoms with Gasteiger partial charge in [0.25, 0.3) is 0 Å². The maximum Gasteiger partial charge on any atom is 0.143 e. The summed E-state index contributed by atoms with van der Waals surface area (Å²) in [5.74, 6) is 0. The van der Waals surface area contributed by atoms with Gasteiger partial charge in [-0.15, -0.1) is 0 Å². The average molecular weight is 768 g/mol. The number of rotatable bonds is 5. The Morgan fingerprint density at radius 1 is 0.283 bits per heavy atom. The molecule has 0 radical (unpaired) electrons. The Bertz CT molecular complexity index is 3850. The lowest BCUT2D eigenvalue weighted by molar-refractivity contribution is 0.669. The Labute approximate surface area is 343 Å². The summed E-state index contributed by atoms with van der Waals surface area (Å²) in [6, 6.07) is 70.8. The first-order valence-electron chi connectivity index (χ1n) is 20.3. The molecule has 0 aliphatic carbocycles. The van der Waals surface area contributed by atoms with E-state index in [4.69, 9.17) is 13.3 Å². The van der Waals surface area contributed by atoms with Crippen LogP contribution in [0.2, 0.25) is 0 Å². The highest BCUT2D eigenvalue weighted by molar-refractivity contribution is 6.22. The van der Waals surface area contributed by atoms with Crippen molar-refractivity contribution in [3.05, 3.63) is 200 Å². The average Bonchev–Trinajstić information content (AvgIpc) is 4.02. The van der Waals surface area contributed by atoms with Gasteiger partial charge in [-0.25, -0.2) is 0 Å². The minimum absolute atomic E-state index is 0.839. The van der Waals surface area contributed by atoms with Crippen molar-refractivity contribution in [2.45, 2.75) is 0 Å². The van der Waals surface area contributed by atoms with Gasteiger partial charge in [0.1, 0.15) is 33.5 Å². The van der Waals surface area contributed by atoms with Crippen molar-refractivity contribution in [2.24, 2.45) is 0 Å². The van der Waals surface area contributed by atoms with Gasteiger partial charge in [-0.1, -0.05) is 140 Å². The molecule has 0 aliphatic heterocycles. The maximum absolute atomic E-state index is 6.77. The molecule has 0 saturated heterocycles. The van der Waals surface area contributed by atoms with E-state index in [0.717, 1.165) is 127 Å². The number of hydrogen-bond donors (Lipinski definition) is 0. The minimum Gasteiger partial charge on any atom is -0.456 e. The van der Waals surface area contributed by atoms with E-state index in [2.05, 4.69) is 193 Å². The fourth-order valence-electron chi connectivity index (χ4n) is 9.61. The molecule has 3 aromatic heterocycles. The smallest absolute Gasteiger partial charge is 0.143 e. The van der Waals surface area contributed by atoms with Crippen molar-refractivity contribution in [2.75, 3.05) is 4.90 Å². The molecular weight excluding hydrogens is 735 g/mol. The van der Waals surface area contributed by atoms with Crippen LogP contribution in [0.1, 0.15) is 0 Å². The van der Waals surface area contributed by atoms with Crippen LogP contribution in [0.5, 0.6) is 0 Å². The Balaban J connectivity index is 1.07. The fourth-order valence-corrected chi connectivity index (χ4v) is 9.61. The van der Waals surface area contributed by atoms with Gasteiger partial charge in [-0.05, 0) is 88.1 Å². The number of para-hydroxylation sites is 2. The molecule has 0 aliphatic rings. The molecule has 0 amide bonds. The molecule has 0 saturated carbocycles. The molecule has 0 atom stereocenters. The molecular formula is C56H33NO3. The minimum atomic E-state index is 0.839. The summed E-state index contributed by atoms with van der Waals surface area (Å²) in [7, 11) is 0. The highest BCUT2D eigenvalue weighted by Crippen LogP contribution is 2.49. The first kappa shape index (κ1) is 32.9. The molecule has 0 spiro atoms. The van der Waals surface area contributed by atoms with Gasteiger partial charge in [0.15, 0.2) is 0 Å². The predicted molar refractivity (Wildman–Crippen MR) is 249 cm³/mol. The molecule has 0 unspecified atom stereocenters. The van der Waals surface area contributed by atoms with E-state index in [9.17, 15) is 0 Å². The fraction of sp³-hybridized carbons (Fsp3) is 0. The van der Waals surface area contributed by atoms with Crippen LogP contribution in [-0.4, -0.2) is 0 Å². The summed E-state index contributed by atoms with van der Waals surface area (Å²) in [6.07, 6.45) is 0. The van der Waals surface area contributed by atoms with Crippen LogP contribution in [0.3, 0.4) is 0 Å². The highest BCUT2D eigenvalue weighted by atomic mass is 16.3. The Morgan fingerprint density at radius 2 is 0.783 bits per heavy atom. The molecule has 4 heteroatoms. The van der Waals surface area contributed by atoms with Crippen molar-refractivity contribution in [1.29, 1.82) is 0 Å². The second-order valence-electron chi connectivity index (χ2n) is 15.5. The van der Waals surface area contributed by atoms with Crippen LogP contribution >= 0.6 is 0 Å². The Morgan fingerprint density at radius 3 is 1.52 bits per heavy atom. The monoisotopic (exact) mass is 767 g/mol. The van der Waals surface area contributed by atoms with E-state index in [-0.39, 0.29) is 0 Å². The lowest BCUT2D eigenvalue weighted by Crippen LogP contribution is -2.11. The zero-order valence-electron chi connectivity index (χ0n) is 32.2. The number of fused-ring (bicyclic) bond motifs is 13. The molecule has 4 nitrogen and oxygen atoms in total. The SMILES string of the molecule is c1ccc(N(c2ccc(-c3cccc4oc5ccccc5c34)cc2)c2cccc3oc4c5ccccc5ccc4c23)c(-c2cccc3oc4c5ccccc5ccc4c23)c1.